The van der Waals surface area contributed by atoms with E-state index < -0.39 is 17.6 Å². The summed E-state index contributed by atoms with van der Waals surface area (Å²) >= 11 is 0. The Labute approximate surface area is 121 Å². The van der Waals surface area contributed by atoms with E-state index in [9.17, 15) is 17.6 Å². The number of alkyl halides is 3. The van der Waals surface area contributed by atoms with Crippen LogP contribution in [0.5, 0.6) is 5.75 Å². The Hall–Kier alpha value is -1.98. The van der Waals surface area contributed by atoms with Gasteiger partial charge >= 0.3 is 6.18 Å². The van der Waals surface area contributed by atoms with Crippen LogP contribution in [0, 0.1) is 5.82 Å². The van der Waals surface area contributed by atoms with Crippen LogP contribution >= 0.6 is 0 Å². The maximum atomic E-state index is 13.2. The molecule has 0 aromatic heterocycles. The summed E-state index contributed by atoms with van der Waals surface area (Å²) in [5, 5.41) is 0. The van der Waals surface area contributed by atoms with E-state index in [4.69, 9.17) is 12.6 Å². The summed E-state index contributed by atoms with van der Waals surface area (Å²) in [6.45, 7) is 0.231. The largest absolute Gasteiger partial charge is 0.493 e. The SMILES string of the molecule is [B]c1ccc(OCCc2ccc(C(F)(F)F)cc2)cc1F. The number of hydrogen-bond acceptors (Lipinski definition) is 1. The second-order valence-corrected chi connectivity index (χ2v) is 4.48. The summed E-state index contributed by atoms with van der Waals surface area (Å²) < 4.78 is 55.7. The van der Waals surface area contributed by atoms with Crippen LogP contribution < -0.4 is 10.2 Å². The van der Waals surface area contributed by atoms with E-state index in [1.54, 1.807) is 0 Å². The molecule has 0 aliphatic heterocycles. The zero-order valence-corrected chi connectivity index (χ0v) is 11.0. The molecule has 0 saturated carbocycles. The monoisotopic (exact) mass is 294 g/mol. The third-order valence-electron chi connectivity index (χ3n) is 2.91. The first-order chi connectivity index (χ1) is 9.86. The molecule has 2 aromatic carbocycles. The Balaban J connectivity index is 1.90. The molecule has 0 spiro atoms. The quantitative estimate of drug-likeness (QED) is 0.621. The van der Waals surface area contributed by atoms with E-state index in [2.05, 4.69) is 0 Å². The van der Waals surface area contributed by atoms with Gasteiger partial charge in [0.25, 0.3) is 0 Å². The van der Waals surface area contributed by atoms with Gasteiger partial charge in [0, 0.05) is 12.5 Å². The molecular weight excluding hydrogens is 283 g/mol. The van der Waals surface area contributed by atoms with Gasteiger partial charge in [-0.2, -0.15) is 13.2 Å². The first-order valence-electron chi connectivity index (χ1n) is 6.20. The van der Waals surface area contributed by atoms with Crippen LogP contribution in [0.25, 0.3) is 0 Å². The molecule has 0 aliphatic carbocycles. The number of rotatable bonds is 4. The molecule has 0 fully saturated rings. The molecule has 1 nitrogen and oxygen atoms in total. The predicted molar refractivity (Wildman–Crippen MR) is 72.4 cm³/mol. The van der Waals surface area contributed by atoms with Gasteiger partial charge < -0.3 is 4.74 Å². The van der Waals surface area contributed by atoms with E-state index in [0.717, 1.165) is 12.1 Å². The average molecular weight is 294 g/mol. The van der Waals surface area contributed by atoms with E-state index in [1.165, 1.54) is 30.3 Å². The second kappa shape index (κ2) is 6.20. The van der Waals surface area contributed by atoms with E-state index in [-0.39, 0.29) is 12.1 Å². The highest BCUT2D eigenvalue weighted by Gasteiger charge is 2.29. The highest BCUT2D eigenvalue weighted by atomic mass is 19.4. The highest BCUT2D eigenvalue weighted by molar-refractivity contribution is 6.32. The van der Waals surface area contributed by atoms with Crippen molar-refractivity contribution in [3.63, 3.8) is 0 Å². The van der Waals surface area contributed by atoms with Crippen molar-refractivity contribution in [2.75, 3.05) is 6.61 Å². The van der Waals surface area contributed by atoms with Crippen LogP contribution in [0.15, 0.2) is 42.5 Å². The molecule has 21 heavy (non-hydrogen) atoms. The molecule has 2 aromatic rings. The van der Waals surface area contributed by atoms with Crippen LogP contribution in [-0.2, 0) is 12.6 Å². The van der Waals surface area contributed by atoms with Crippen molar-refractivity contribution in [1.29, 1.82) is 0 Å². The van der Waals surface area contributed by atoms with E-state index in [1.807, 2.05) is 0 Å². The van der Waals surface area contributed by atoms with Gasteiger partial charge in [-0.25, -0.2) is 4.39 Å². The van der Waals surface area contributed by atoms with Crippen LogP contribution in [0.1, 0.15) is 11.1 Å². The van der Waals surface area contributed by atoms with Gasteiger partial charge in [-0.15, -0.1) is 0 Å². The molecule has 2 radical (unpaired) electrons. The summed E-state index contributed by atoms with van der Waals surface area (Å²) in [6, 6.07) is 8.94. The van der Waals surface area contributed by atoms with Gasteiger partial charge in [0.15, 0.2) is 0 Å². The Kier molecular flexibility index (Phi) is 4.55. The van der Waals surface area contributed by atoms with Crippen LogP contribution in [0.4, 0.5) is 17.6 Å². The maximum Gasteiger partial charge on any atom is 0.416 e. The summed E-state index contributed by atoms with van der Waals surface area (Å²) in [5.41, 5.74) is 0.0526. The smallest absolute Gasteiger partial charge is 0.416 e. The van der Waals surface area contributed by atoms with Crippen molar-refractivity contribution >= 4 is 13.3 Å². The summed E-state index contributed by atoms with van der Waals surface area (Å²) in [6.07, 6.45) is -3.92. The average Bonchev–Trinajstić information content (AvgIpc) is 2.42. The lowest BCUT2D eigenvalue weighted by Crippen LogP contribution is -2.09. The first-order valence-corrected chi connectivity index (χ1v) is 6.20. The number of ether oxygens (including phenoxy) is 1. The summed E-state index contributed by atoms with van der Waals surface area (Å²) in [5.74, 6) is -0.240. The molecule has 0 bridgehead atoms. The van der Waals surface area contributed by atoms with Gasteiger partial charge in [-0.1, -0.05) is 23.7 Å². The lowest BCUT2D eigenvalue weighted by atomic mass is 9.96. The van der Waals surface area contributed by atoms with E-state index >= 15 is 0 Å². The van der Waals surface area contributed by atoms with Gasteiger partial charge in [-0.05, 0) is 23.8 Å². The molecule has 0 atom stereocenters. The Morgan fingerprint density at radius 1 is 1.00 bits per heavy atom. The fourth-order valence-electron chi connectivity index (χ4n) is 1.74. The second-order valence-electron chi connectivity index (χ2n) is 4.48. The minimum Gasteiger partial charge on any atom is -0.493 e. The fraction of sp³-hybridized carbons (Fsp3) is 0.200. The van der Waals surface area contributed by atoms with Gasteiger partial charge in [0.2, 0.25) is 0 Å². The van der Waals surface area contributed by atoms with Crippen molar-refractivity contribution in [2.24, 2.45) is 0 Å². The molecule has 2 rings (SSSR count). The van der Waals surface area contributed by atoms with Gasteiger partial charge in [0.1, 0.15) is 19.4 Å². The lowest BCUT2D eigenvalue weighted by Gasteiger charge is -2.09. The van der Waals surface area contributed by atoms with Crippen LogP contribution in [0.3, 0.4) is 0 Å². The zero-order valence-electron chi connectivity index (χ0n) is 11.0. The van der Waals surface area contributed by atoms with E-state index in [0.29, 0.717) is 17.7 Å². The molecule has 108 valence electrons. The minimum atomic E-state index is -4.34. The third-order valence-corrected chi connectivity index (χ3v) is 2.91. The van der Waals surface area contributed by atoms with Crippen molar-refractivity contribution in [3.05, 3.63) is 59.4 Å². The molecule has 6 heteroatoms. The highest BCUT2D eigenvalue weighted by Crippen LogP contribution is 2.29. The zero-order chi connectivity index (χ0) is 15.5. The normalized spacial score (nSPS) is 11.4. The van der Waals surface area contributed by atoms with Crippen LogP contribution in [0.2, 0.25) is 0 Å². The van der Waals surface area contributed by atoms with Gasteiger partial charge in [-0.3, -0.25) is 0 Å². The van der Waals surface area contributed by atoms with Crippen molar-refractivity contribution < 1.29 is 22.3 Å². The third kappa shape index (κ3) is 4.24. The molecule has 0 heterocycles. The van der Waals surface area contributed by atoms with Crippen LogP contribution in [-0.4, -0.2) is 14.5 Å². The van der Waals surface area contributed by atoms with Crippen molar-refractivity contribution in [2.45, 2.75) is 12.6 Å². The Morgan fingerprint density at radius 3 is 2.24 bits per heavy atom. The molecule has 0 saturated heterocycles. The topological polar surface area (TPSA) is 9.23 Å². The predicted octanol–water partition coefficient (Wildman–Crippen LogP) is 3.26. The number of halogens is 4. The van der Waals surface area contributed by atoms with Crippen molar-refractivity contribution in [3.8, 4) is 5.75 Å². The maximum absolute atomic E-state index is 13.2. The standard InChI is InChI=1S/C15H11BF4O/c16-13-6-5-12(9-14(13)17)21-8-7-10-1-3-11(4-2-10)15(18,19)20/h1-6,9H,7-8H2. The molecule has 0 N–H and O–H groups in total. The van der Waals surface area contributed by atoms with Gasteiger partial charge in [0.05, 0.1) is 12.2 Å². The lowest BCUT2D eigenvalue weighted by molar-refractivity contribution is -0.137. The Bertz CT molecular complexity index is 608. The minimum absolute atomic E-state index is 0.0325. The number of hydrogen-bond donors (Lipinski definition) is 0. The number of benzene rings is 2. The molecular formula is C15H11BF4O. The fourth-order valence-corrected chi connectivity index (χ4v) is 1.74. The summed E-state index contributed by atoms with van der Waals surface area (Å²) in [7, 11) is 5.34. The Morgan fingerprint density at radius 2 is 1.67 bits per heavy atom. The first kappa shape index (κ1) is 15.4. The molecule has 0 unspecified atom stereocenters. The summed E-state index contributed by atoms with van der Waals surface area (Å²) in [4.78, 5) is 0. The molecule has 0 aliphatic rings. The molecule has 0 amide bonds. The van der Waals surface area contributed by atoms with Crippen molar-refractivity contribution in [1.82, 2.24) is 0 Å².